The molecule has 0 amide bonds. The second-order valence-corrected chi connectivity index (χ2v) is 4.11. The fraction of sp³-hybridized carbons (Fsp3) is 0.375. The largest absolute Gasteiger partial charge is 0.501 e. The Bertz CT molecular complexity index is 415. The highest BCUT2D eigenvalue weighted by Gasteiger charge is 2.00. The first-order valence-corrected chi connectivity index (χ1v) is 6.44. The number of ether oxygens (including phenoxy) is 2. The predicted octanol–water partition coefficient (Wildman–Crippen LogP) is 4.38. The van der Waals surface area contributed by atoms with Crippen molar-refractivity contribution in [2.24, 2.45) is 0 Å². The topological polar surface area (TPSA) is 18.5 Å². The van der Waals surface area contributed by atoms with Crippen molar-refractivity contribution in [2.45, 2.75) is 19.8 Å². The lowest BCUT2D eigenvalue weighted by molar-refractivity contribution is 0.281. The molecule has 1 rings (SSSR count). The third-order valence-electron chi connectivity index (χ3n) is 2.72. The molecule has 0 heterocycles. The highest BCUT2D eigenvalue weighted by Crippen LogP contribution is 2.20. The van der Waals surface area contributed by atoms with E-state index >= 15 is 0 Å². The molecule has 0 fully saturated rings. The number of hydrogen-bond donors (Lipinski definition) is 0. The lowest BCUT2D eigenvalue weighted by Gasteiger charge is -2.08. The molecule has 0 aliphatic rings. The predicted molar refractivity (Wildman–Crippen MR) is 76.9 cm³/mol. The van der Waals surface area contributed by atoms with Crippen LogP contribution in [0.3, 0.4) is 0 Å². The van der Waals surface area contributed by atoms with E-state index in [1.807, 2.05) is 37.3 Å². The standard InChI is InChI=1S/C16H21FO2/c1-4-15(18-3)12-13(2)14-6-8-16(9-7-14)19-11-5-10-17/h6-9,12H,2,4-5,10-11H2,1,3H3/b15-12-. The summed E-state index contributed by atoms with van der Waals surface area (Å²) in [5.74, 6) is 1.64. The van der Waals surface area contributed by atoms with E-state index in [0.717, 1.165) is 29.1 Å². The van der Waals surface area contributed by atoms with E-state index in [0.29, 0.717) is 13.0 Å². The van der Waals surface area contributed by atoms with Crippen molar-refractivity contribution in [3.63, 3.8) is 0 Å². The average molecular weight is 264 g/mol. The zero-order valence-electron chi connectivity index (χ0n) is 11.6. The van der Waals surface area contributed by atoms with Crippen LogP contribution in [0.25, 0.3) is 5.57 Å². The molecule has 0 N–H and O–H groups in total. The lowest BCUT2D eigenvalue weighted by atomic mass is 10.1. The van der Waals surface area contributed by atoms with Crippen LogP contribution in [0.15, 0.2) is 42.7 Å². The van der Waals surface area contributed by atoms with Crippen molar-refractivity contribution in [3.8, 4) is 5.75 Å². The minimum atomic E-state index is -0.351. The Balaban J connectivity index is 2.65. The number of methoxy groups -OCH3 is 1. The van der Waals surface area contributed by atoms with Crippen molar-refractivity contribution in [3.05, 3.63) is 48.2 Å². The summed E-state index contributed by atoms with van der Waals surface area (Å²) >= 11 is 0. The highest BCUT2D eigenvalue weighted by molar-refractivity contribution is 5.72. The summed E-state index contributed by atoms with van der Waals surface area (Å²) in [6, 6.07) is 7.61. The first kappa shape index (κ1) is 15.3. The third-order valence-corrected chi connectivity index (χ3v) is 2.72. The van der Waals surface area contributed by atoms with Crippen LogP contribution in [0.5, 0.6) is 5.75 Å². The van der Waals surface area contributed by atoms with Gasteiger partial charge in [-0.05, 0) is 29.3 Å². The first-order chi connectivity index (χ1) is 9.21. The van der Waals surface area contributed by atoms with E-state index in [4.69, 9.17) is 9.47 Å². The quantitative estimate of drug-likeness (QED) is 0.394. The van der Waals surface area contributed by atoms with Crippen LogP contribution in [0.4, 0.5) is 4.39 Å². The molecule has 0 atom stereocenters. The van der Waals surface area contributed by atoms with Gasteiger partial charge < -0.3 is 9.47 Å². The Morgan fingerprint density at radius 1 is 1.32 bits per heavy atom. The fourth-order valence-corrected chi connectivity index (χ4v) is 1.59. The second kappa shape index (κ2) is 8.35. The molecule has 2 nitrogen and oxygen atoms in total. The van der Waals surface area contributed by atoms with Crippen molar-refractivity contribution >= 4 is 5.57 Å². The van der Waals surface area contributed by atoms with Crippen LogP contribution in [0.2, 0.25) is 0 Å². The molecular weight excluding hydrogens is 243 g/mol. The van der Waals surface area contributed by atoms with E-state index in [1.54, 1.807) is 7.11 Å². The number of alkyl halides is 1. The molecule has 3 heteroatoms. The van der Waals surface area contributed by atoms with Crippen LogP contribution in [-0.4, -0.2) is 20.4 Å². The normalized spacial score (nSPS) is 11.2. The van der Waals surface area contributed by atoms with Crippen LogP contribution >= 0.6 is 0 Å². The van der Waals surface area contributed by atoms with Crippen molar-refractivity contribution in [1.29, 1.82) is 0 Å². The summed E-state index contributed by atoms with van der Waals surface area (Å²) in [6.45, 7) is 6.10. The summed E-state index contributed by atoms with van der Waals surface area (Å²) < 4.78 is 22.6. The van der Waals surface area contributed by atoms with Crippen LogP contribution in [-0.2, 0) is 4.74 Å². The van der Waals surface area contributed by atoms with Gasteiger partial charge in [0.2, 0.25) is 0 Å². The van der Waals surface area contributed by atoms with Gasteiger partial charge in [0.1, 0.15) is 5.75 Å². The minimum Gasteiger partial charge on any atom is -0.501 e. The molecule has 0 aliphatic carbocycles. The van der Waals surface area contributed by atoms with E-state index in [-0.39, 0.29) is 6.67 Å². The maximum absolute atomic E-state index is 11.9. The van der Waals surface area contributed by atoms with E-state index in [1.165, 1.54) is 0 Å². The van der Waals surface area contributed by atoms with Gasteiger partial charge in [0.15, 0.2) is 0 Å². The van der Waals surface area contributed by atoms with Gasteiger partial charge in [0, 0.05) is 12.8 Å². The Kier molecular flexibility index (Phi) is 6.72. The molecule has 1 aromatic rings. The van der Waals surface area contributed by atoms with E-state index in [2.05, 4.69) is 6.58 Å². The third kappa shape index (κ3) is 5.16. The van der Waals surface area contributed by atoms with Gasteiger partial charge in [-0.3, -0.25) is 4.39 Å². The molecule has 1 aromatic carbocycles. The zero-order valence-corrected chi connectivity index (χ0v) is 11.6. The first-order valence-electron chi connectivity index (χ1n) is 6.44. The van der Waals surface area contributed by atoms with Crippen molar-refractivity contribution in [2.75, 3.05) is 20.4 Å². The molecule has 0 saturated heterocycles. The second-order valence-electron chi connectivity index (χ2n) is 4.11. The van der Waals surface area contributed by atoms with Crippen molar-refractivity contribution < 1.29 is 13.9 Å². The molecule has 0 saturated carbocycles. The number of rotatable bonds is 8. The van der Waals surface area contributed by atoms with Gasteiger partial charge in [-0.15, -0.1) is 0 Å². The summed E-state index contributed by atoms with van der Waals surface area (Å²) in [5, 5.41) is 0. The van der Waals surface area contributed by atoms with Gasteiger partial charge in [0.25, 0.3) is 0 Å². The monoisotopic (exact) mass is 264 g/mol. The Morgan fingerprint density at radius 3 is 2.53 bits per heavy atom. The van der Waals surface area contributed by atoms with Crippen LogP contribution in [0, 0.1) is 0 Å². The van der Waals surface area contributed by atoms with Crippen LogP contribution in [0.1, 0.15) is 25.3 Å². The Morgan fingerprint density at radius 2 is 2.00 bits per heavy atom. The minimum absolute atomic E-state index is 0.351. The number of benzene rings is 1. The number of hydrogen-bond acceptors (Lipinski definition) is 2. The van der Waals surface area contributed by atoms with Gasteiger partial charge >= 0.3 is 0 Å². The smallest absolute Gasteiger partial charge is 0.119 e. The zero-order chi connectivity index (χ0) is 14.1. The Hall–Kier alpha value is -1.77. The highest BCUT2D eigenvalue weighted by atomic mass is 19.1. The van der Waals surface area contributed by atoms with Gasteiger partial charge in [-0.25, -0.2) is 0 Å². The lowest BCUT2D eigenvalue weighted by Crippen LogP contribution is -1.97. The molecule has 0 spiro atoms. The number of halogens is 1. The van der Waals surface area contributed by atoms with Gasteiger partial charge in [0.05, 0.1) is 26.2 Å². The summed E-state index contributed by atoms with van der Waals surface area (Å²) in [5.41, 5.74) is 1.91. The number of allylic oxidation sites excluding steroid dienone is 3. The Labute approximate surface area is 114 Å². The molecule has 0 aromatic heterocycles. The molecular formula is C16H21FO2. The van der Waals surface area contributed by atoms with Gasteiger partial charge in [-0.2, -0.15) is 0 Å². The molecule has 0 bridgehead atoms. The average Bonchev–Trinajstić information content (AvgIpc) is 2.45. The molecule has 0 radical (unpaired) electrons. The summed E-state index contributed by atoms with van der Waals surface area (Å²) in [6.07, 6.45) is 3.18. The maximum Gasteiger partial charge on any atom is 0.119 e. The maximum atomic E-state index is 11.9. The van der Waals surface area contributed by atoms with Crippen LogP contribution < -0.4 is 4.74 Å². The molecule has 19 heavy (non-hydrogen) atoms. The van der Waals surface area contributed by atoms with E-state index in [9.17, 15) is 4.39 Å². The molecule has 104 valence electrons. The SMILES string of the molecule is C=C(/C=C(/CC)OC)c1ccc(OCCCF)cc1. The molecule has 0 unspecified atom stereocenters. The van der Waals surface area contributed by atoms with Gasteiger partial charge in [-0.1, -0.05) is 25.6 Å². The van der Waals surface area contributed by atoms with Crippen molar-refractivity contribution in [1.82, 2.24) is 0 Å². The fourth-order valence-electron chi connectivity index (χ4n) is 1.59. The van der Waals surface area contributed by atoms with E-state index < -0.39 is 0 Å². The molecule has 0 aliphatic heterocycles. The summed E-state index contributed by atoms with van der Waals surface area (Å²) in [7, 11) is 1.66. The summed E-state index contributed by atoms with van der Waals surface area (Å²) in [4.78, 5) is 0.